The second-order valence-electron chi connectivity index (χ2n) is 5.84. The van der Waals surface area contributed by atoms with Crippen molar-refractivity contribution in [3.8, 4) is 16.9 Å². The highest BCUT2D eigenvalue weighted by atomic mass is 16.3. The van der Waals surface area contributed by atoms with E-state index in [9.17, 15) is 9.90 Å². The average molecular weight is 332 g/mol. The van der Waals surface area contributed by atoms with Gasteiger partial charge in [-0.25, -0.2) is 0 Å². The van der Waals surface area contributed by atoms with Crippen LogP contribution in [-0.2, 0) is 11.3 Å². The number of rotatable bonds is 6. The van der Waals surface area contributed by atoms with E-state index in [2.05, 4.69) is 5.32 Å². The Morgan fingerprint density at radius 1 is 0.920 bits per heavy atom. The SMILES string of the molecule is NC(=O)C(NCc1cc(-c2ccccc2)ccc1O)c1ccccc1. The van der Waals surface area contributed by atoms with Crippen molar-refractivity contribution < 1.29 is 9.90 Å². The molecular formula is C21H20N2O2. The Balaban J connectivity index is 1.81. The number of carbonyl (C=O) groups is 1. The molecule has 1 unspecified atom stereocenters. The summed E-state index contributed by atoms with van der Waals surface area (Å²) in [4.78, 5) is 11.8. The number of aromatic hydroxyl groups is 1. The van der Waals surface area contributed by atoms with Gasteiger partial charge in [0.1, 0.15) is 11.8 Å². The molecule has 0 aliphatic heterocycles. The van der Waals surface area contributed by atoms with Crippen LogP contribution in [0.5, 0.6) is 5.75 Å². The molecule has 1 amide bonds. The third kappa shape index (κ3) is 4.05. The fourth-order valence-corrected chi connectivity index (χ4v) is 2.78. The van der Waals surface area contributed by atoms with Gasteiger partial charge in [-0.3, -0.25) is 10.1 Å². The van der Waals surface area contributed by atoms with Crippen LogP contribution in [0.25, 0.3) is 11.1 Å². The molecule has 4 heteroatoms. The minimum absolute atomic E-state index is 0.184. The highest BCUT2D eigenvalue weighted by Crippen LogP contribution is 2.26. The van der Waals surface area contributed by atoms with E-state index in [4.69, 9.17) is 5.73 Å². The average Bonchev–Trinajstić information content (AvgIpc) is 2.64. The van der Waals surface area contributed by atoms with Crippen molar-refractivity contribution in [3.05, 3.63) is 90.0 Å². The van der Waals surface area contributed by atoms with Crippen LogP contribution in [0, 0.1) is 0 Å². The maximum atomic E-state index is 11.8. The number of nitrogens with two attached hydrogens (primary N) is 1. The number of phenols is 1. The van der Waals surface area contributed by atoms with Crippen LogP contribution < -0.4 is 11.1 Å². The molecule has 126 valence electrons. The van der Waals surface area contributed by atoms with Gasteiger partial charge in [-0.05, 0) is 28.8 Å². The van der Waals surface area contributed by atoms with Crippen LogP contribution >= 0.6 is 0 Å². The van der Waals surface area contributed by atoms with E-state index in [1.807, 2.05) is 72.8 Å². The molecule has 0 saturated carbocycles. The monoisotopic (exact) mass is 332 g/mol. The molecule has 4 nitrogen and oxygen atoms in total. The van der Waals surface area contributed by atoms with Gasteiger partial charge in [-0.15, -0.1) is 0 Å². The quantitative estimate of drug-likeness (QED) is 0.648. The summed E-state index contributed by atoms with van der Waals surface area (Å²) in [7, 11) is 0. The third-order valence-corrected chi connectivity index (χ3v) is 4.10. The van der Waals surface area contributed by atoms with Gasteiger partial charge in [0.05, 0.1) is 0 Å². The predicted octanol–water partition coefficient (Wildman–Crippen LogP) is 3.38. The number of primary amides is 1. The molecule has 0 spiro atoms. The maximum absolute atomic E-state index is 11.8. The van der Waals surface area contributed by atoms with Crippen molar-refractivity contribution in [2.24, 2.45) is 5.73 Å². The molecule has 0 bridgehead atoms. The maximum Gasteiger partial charge on any atom is 0.239 e. The third-order valence-electron chi connectivity index (χ3n) is 4.10. The zero-order chi connectivity index (χ0) is 17.6. The van der Waals surface area contributed by atoms with E-state index in [1.165, 1.54) is 0 Å². The number of phenolic OH excluding ortho intramolecular Hbond substituents is 1. The molecule has 3 aromatic carbocycles. The minimum atomic E-state index is -0.610. The zero-order valence-electron chi connectivity index (χ0n) is 13.7. The second kappa shape index (κ2) is 7.64. The first-order chi connectivity index (χ1) is 12.1. The first-order valence-corrected chi connectivity index (χ1v) is 8.10. The minimum Gasteiger partial charge on any atom is -0.508 e. The van der Waals surface area contributed by atoms with Gasteiger partial charge in [-0.1, -0.05) is 66.7 Å². The van der Waals surface area contributed by atoms with E-state index in [0.717, 1.165) is 16.7 Å². The van der Waals surface area contributed by atoms with E-state index >= 15 is 0 Å². The molecule has 1 atom stereocenters. The lowest BCUT2D eigenvalue weighted by Gasteiger charge is -2.17. The molecule has 0 saturated heterocycles. The van der Waals surface area contributed by atoms with Crippen molar-refractivity contribution >= 4 is 5.91 Å². The van der Waals surface area contributed by atoms with Crippen LogP contribution in [0.1, 0.15) is 17.2 Å². The van der Waals surface area contributed by atoms with Crippen LogP contribution in [0.2, 0.25) is 0 Å². The molecular weight excluding hydrogens is 312 g/mol. The number of hydrogen-bond donors (Lipinski definition) is 3. The Bertz CT molecular complexity index is 848. The summed E-state index contributed by atoms with van der Waals surface area (Å²) in [5.41, 5.74) is 9.11. The summed E-state index contributed by atoms with van der Waals surface area (Å²) in [6, 6.07) is 24.1. The molecule has 0 aromatic heterocycles. The summed E-state index contributed by atoms with van der Waals surface area (Å²) in [5, 5.41) is 13.3. The molecule has 0 heterocycles. The van der Waals surface area contributed by atoms with Crippen LogP contribution in [0.3, 0.4) is 0 Å². The summed E-state index contributed by atoms with van der Waals surface area (Å²) < 4.78 is 0. The molecule has 0 radical (unpaired) electrons. The largest absolute Gasteiger partial charge is 0.508 e. The van der Waals surface area contributed by atoms with Crippen molar-refractivity contribution in [3.63, 3.8) is 0 Å². The Hall–Kier alpha value is -3.11. The van der Waals surface area contributed by atoms with Gasteiger partial charge in [0.2, 0.25) is 5.91 Å². The van der Waals surface area contributed by atoms with Crippen molar-refractivity contribution in [2.45, 2.75) is 12.6 Å². The van der Waals surface area contributed by atoms with Gasteiger partial charge < -0.3 is 10.8 Å². The van der Waals surface area contributed by atoms with Crippen molar-refractivity contribution in [1.29, 1.82) is 0 Å². The van der Waals surface area contributed by atoms with E-state index in [1.54, 1.807) is 6.07 Å². The Morgan fingerprint density at radius 3 is 2.20 bits per heavy atom. The van der Waals surface area contributed by atoms with E-state index < -0.39 is 11.9 Å². The number of amides is 1. The summed E-state index contributed by atoms with van der Waals surface area (Å²) in [6.07, 6.45) is 0. The van der Waals surface area contributed by atoms with Crippen LogP contribution in [0.15, 0.2) is 78.9 Å². The zero-order valence-corrected chi connectivity index (χ0v) is 13.7. The van der Waals surface area contributed by atoms with Crippen LogP contribution in [0.4, 0.5) is 0 Å². The van der Waals surface area contributed by atoms with E-state index in [-0.39, 0.29) is 5.75 Å². The number of benzene rings is 3. The molecule has 3 aromatic rings. The van der Waals surface area contributed by atoms with Gasteiger partial charge in [-0.2, -0.15) is 0 Å². The summed E-state index contributed by atoms with van der Waals surface area (Å²) in [5.74, 6) is -0.270. The number of carbonyl (C=O) groups excluding carboxylic acids is 1. The molecule has 4 N–H and O–H groups in total. The smallest absolute Gasteiger partial charge is 0.239 e. The Labute approximate surface area is 146 Å². The van der Waals surface area contributed by atoms with Crippen LogP contribution in [-0.4, -0.2) is 11.0 Å². The normalized spacial score (nSPS) is 11.8. The standard InChI is InChI=1S/C21H20N2O2/c22-21(25)20(16-9-5-2-6-10-16)23-14-18-13-17(11-12-19(18)24)15-7-3-1-4-8-15/h1-13,20,23-24H,14H2,(H2,22,25). The molecule has 3 rings (SSSR count). The predicted molar refractivity (Wildman–Crippen MR) is 98.8 cm³/mol. The fraction of sp³-hybridized carbons (Fsp3) is 0.0952. The highest BCUT2D eigenvalue weighted by molar-refractivity contribution is 5.81. The van der Waals surface area contributed by atoms with Crippen molar-refractivity contribution in [1.82, 2.24) is 5.32 Å². The number of hydrogen-bond acceptors (Lipinski definition) is 3. The molecule has 0 aliphatic carbocycles. The summed E-state index contributed by atoms with van der Waals surface area (Å²) in [6.45, 7) is 0.328. The van der Waals surface area contributed by atoms with Crippen molar-refractivity contribution in [2.75, 3.05) is 0 Å². The second-order valence-corrected chi connectivity index (χ2v) is 5.84. The Morgan fingerprint density at radius 2 is 1.56 bits per heavy atom. The van der Waals surface area contributed by atoms with Gasteiger partial charge in [0.25, 0.3) is 0 Å². The molecule has 25 heavy (non-hydrogen) atoms. The first-order valence-electron chi connectivity index (χ1n) is 8.10. The molecule has 0 fully saturated rings. The lowest BCUT2D eigenvalue weighted by Crippen LogP contribution is -2.33. The number of nitrogens with one attached hydrogen (secondary N) is 1. The summed E-state index contributed by atoms with van der Waals surface area (Å²) >= 11 is 0. The lowest BCUT2D eigenvalue weighted by molar-refractivity contribution is -0.120. The lowest BCUT2D eigenvalue weighted by atomic mass is 10.0. The van der Waals surface area contributed by atoms with Gasteiger partial charge in [0.15, 0.2) is 0 Å². The van der Waals surface area contributed by atoms with Gasteiger partial charge in [0, 0.05) is 12.1 Å². The highest BCUT2D eigenvalue weighted by Gasteiger charge is 2.17. The van der Waals surface area contributed by atoms with Gasteiger partial charge >= 0.3 is 0 Å². The fourth-order valence-electron chi connectivity index (χ4n) is 2.78. The van der Waals surface area contributed by atoms with E-state index in [0.29, 0.717) is 12.1 Å². The molecule has 0 aliphatic rings. The topological polar surface area (TPSA) is 75.4 Å². The Kier molecular flexibility index (Phi) is 5.11. The first kappa shape index (κ1) is 16.7.